The van der Waals surface area contributed by atoms with E-state index in [9.17, 15) is 32.3 Å². The summed E-state index contributed by atoms with van der Waals surface area (Å²) in [4.78, 5) is 27.2. The molecule has 2 unspecified atom stereocenters. The van der Waals surface area contributed by atoms with Crippen LogP contribution in [0.4, 0.5) is 22.4 Å². The highest BCUT2D eigenvalue weighted by Gasteiger charge is 2.59. The first-order valence-electron chi connectivity index (χ1n) is 12.2. The zero-order chi connectivity index (χ0) is 27.7. The van der Waals surface area contributed by atoms with Gasteiger partial charge < -0.3 is 20.1 Å². The Balaban J connectivity index is 1.60. The molecule has 2 aromatic carbocycles. The molecule has 3 amide bonds. The highest BCUT2D eigenvalue weighted by atomic mass is 31.0. The van der Waals surface area contributed by atoms with Crippen molar-refractivity contribution in [1.29, 1.82) is 0 Å². The summed E-state index contributed by atoms with van der Waals surface area (Å²) in [5.74, 6) is -0.396. The molecular formula is C26H30F4N3O4P. The minimum Gasteiger partial charge on any atom is -0.395 e. The van der Waals surface area contributed by atoms with Gasteiger partial charge in [0.25, 0.3) is 5.91 Å². The Kier molecular flexibility index (Phi) is 8.14. The Bertz CT molecular complexity index is 1170. The molecule has 2 aromatic rings. The predicted molar refractivity (Wildman–Crippen MR) is 134 cm³/mol. The van der Waals surface area contributed by atoms with E-state index >= 15 is 0 Å². The van der Waals surface area contributed by atoms with Crippen LogP contribution in [0.5, 0.6) is 0 Å². The lowest BCUT2D eigenvalue weighted by atomic mass is 9.75. The Morgan fingerprint density at radius 3 is 2.45 bits per heavy atom. The van der Waals surface area contributed by atoms with E-state index < -0.39 is 47.5 Å². The summed E-state index contributed by atoms with van der Waals surface area (Å²) in [5, 5.41) is 12.9. The van der Waals surface area contributed by atoms with Gasteiger partial charge in [-0.1, -0.05) is 36.4 Å². The number of carbonyl (C=O) groups is 2. The van der Waals surface area contributed by atoms with Gasteiger partial charge in [-0.2, -0.15) is 13.2 Å². The average molecular weight is 556 g/mol. The zero-order valence-corrected chi connectivity index (χ0v) is 22.0. The van der Waals surface area contributed by atoms with Crippen molar-refractivity contribution in [1.82, 2.24) is 14.9 Å². The summed E-state index contributed by atoms with van der Waals surface area (Å²) >= 11 is 0. The molecule has 206 valence electrons. The van der Waals surface area contributed by atoms with Gasteiger partial charge in [-0.25, -0.2) is 13.9 Å². The van der Waals surface area contributed by atoms with Crippen molar-refractivity contribution in [2.45, 2.75) is 49.8 Å². The monoisotopic (exact) mass is 555 g/mol. The third kappa shape index (κ3) is 5.17. The molecule has 0 saturated carbocycles. The number of benzene rings is 2. The molecule has 4 rings (SSSR count). The number of amides is 3. The van der Waals surface area contributed by atoms with Crippen molar-refractivity contribution in [2.24, 2.45) is 0 Å². The predicted octanol–water partition coefficient (Wildman–Crippen LogP) is 4.32. The number of β-amino-alcohol motifs (C(OH)–C–C–N with tert-alkyl or cyclic N) is 1. The number of aliphatic hydroxyl groups is 1. The average Bonchev–Trinajstić information content (AvgIpc) is 3.09. The second-order valence-electron chi connectivity index (χ2n) is 9.71. The molecule has 7 nitrogen and oxygen atoms in total. The summed E-state index contributed by atoms with van der Waals surface area (Å²) in [6.45, 7) is 0.393. The topological polar surface area (TPSA) is 82.1 Å². The van der Waals surface area contributed by atoms with Gasteiger partial charge in [-0.3, -0.25) is 4.79 Å². The second-order valence-corrected chi connectivity index (χ2v) is 10.2. The number of imide groups is 1. The van der Waals surface area contributed by atoms with Gasteiger partial charge in [0.2, 0.25) is 0 Å². The molecule has 2 aliphatic heterocycles. The summed E-state index contributed by atoms with van der Waals surface area (Å²) < 4.78 is 60.5. The number of halogens is 4. The standard InChI is InChI=1S/C26H30F4N3O4P/c1-17(19-11-18(14-27)12-21(13-19)26(28,29)30)37-16-24(20-5-3-2-4-6-20)7-8-25(15-31-24)22(35)33(38)23(36)32(25)9-10-34/h2-6,11-13,17,31,34H,7-10,14-16,38H2,1H3/t17-,24-,25?/m1/s1. The smallest absolute Gasteiger partial charge is 0.395 e. The summed E-state index contributed by atoms with van der Waals surface area (Å²) in [6, 6.07) is 11.9. The molecule has 0 bridgehead atoms. The Hall–Kier alpha value is -2.59. The minimum absolute atomic E-state index is 0.00449. The van der Waals surface area contributed by atoms with Crippen LogP contribution in [0.2, 0.25) is 0 Å². The van der Waals surface area contributed by atoms with Gasteiger partial charge in [0, 0.05) is 13.1 Å². The highest BCUT2D eigenvalue weighted by Crippen LogP contribution is 2.42. The van der Waals surface area contributed by atoms with E-state index in [1.165, 1.54) is 11.0 Å². The van der Waals surface area contributed by atoms with Crippen molar-refractivity contribution in [3.8, 4) is 0 Å². The number of piperidine rings is 1. The number of carbonyl (C=O) groups excluding carboxylic acids is 2. The first-order chi connectivity index (χ1) is 18.0. The summed E-state index contributed by atoms with van der Waals surface area (Å²) in [5.41, 5.74) is -1.97. The van der Waals surface area contributed by atoms with E-state index in [-0.39, 0.29) is 43.9 Å². The fraction of sp³-hybridized carbons (Fsp3) is 0.462. The largest absolute Gasteiger partial charge is 0.416 e. The van der Waals surface area contributed by atoms with Crippen molar-refractivity contribution in [2.75, 3.05) is 26.3 Å². The van der Waals surface area contributed by atoms with Gasteiger partial charge in [0.15, 0.2) is 0 Å². The molecule has 0 aromatic heterocycles. The number of aliphatic hydroxyl groups excluding tert-OH is 1. The zero-order valence-electron chi connectivity index (χ0n) is 20.8. The van der Waals surface area contributed by atoms with Crippen molar-refractivity contribution >= 4 is 21.3 Å². The molecule has 4 atom stereocenters. The van der Waals surface area contributed by atoms with Crippen molar-refractivity contribution in [3.63, 3.8) is 0 Å². The van der Waals surface area contributed by atoms with Gasteiger partial charge in [0.05, 0.1) is 30.4 Å². The number of ether oxygens (including phenoxy) is 1. The SMILES string of the molecule is C[C@@H](OC[C@@]1(c2ccccc2)CCC2(CN1)C(=O)N(P)C(=O)N2CCO)c1cc(CF)cc(C(F)(F)F)c1. The fourth-order valence-corrected chi connectivity index (χ4v) is 5.62. The lowest BCUT2D eigenvalue weighted by molar-refractivity contribution is -0.138. The van der Waals surface area contributed by atoms with Crippen molar-refractivity contribution in [3.05, 3.63) is 70.8 Å². The maximum Gasteiger partial charge on any atom is 0.416 e. The second kappa shape index (κ2) is 10.9. The van der Waals surface area contributed by atoms with E-state index in [0.717, 1.165) is 22.4 Å². The van der Waals surface area contributed by atoms with Gasteiger partial charge >= 0.3 is 12.2 Å². The number of urea groups is 1. The third-order valence-electron chi connectivity index (χ3n) is 7.45. The van der Waals surface area contributed by atoms with E-state index in [1.807, 2.05) is 30.3 Å². The molecule has 1 spiro atoms. The van der Waals surface area contributed by atoms with Crippen LogP contribution in [-0.2, 0) is 27.9 Å². The van der Waals surface area contributed by atoms with E-state index in [2.05, 4.69) is 14.7 Å². The Labute approximate surface area is 220 Å². The van der Waals surface area contributed by atoms with E-state index in [4.69, 9.17) is 4.74 Å². The van der Waals surface area contributed by atoms with Crippen LogP contribution in [-0.4, -0.2) is 58.5 Å². The number of rotatable bonds is 8. The Morgan fingerprint density at radius 1 is 1.16 bits per heavy atom. The molecule has 0 radical (unpaired) electrons. The quantitative estimate of drug-likeness (QED) is 0.288. The molecule has 0 aliphatic carbocycles. The molecular weight excluding hydrogens is 525 g/mol. The first kappa shape index (κ1) is 28.4. The van der Waals surface area contributed by atoms with Crippen LogP contribution in [0.3, 0.4) is 0 Å². The van der Waals surface area contributed by atoms with Crippen LogP contribution in [0.15, 0.2) is 48.5 Å². The van der Waals surface area contributed by atoms with Crippen molar-refractivity contribution < 1.29 is 37.0 Å². The van der Waals surface area contributed by atoms with E-state index in [1.54, 1.807) is 6.92 Å². The normalized spacial score (nSPS) is 24.9. The number of hydrogen-bond acceptors (Lipinski definition) is 5. The van der Waals surface area contributed by atoms with Gasteiger partial charge in [-0.05, 0) is 58.0 Å². The van der Waals surface area contributed by atoms with Gasteiger partial charge in [0.1, 0.15) is 12.2 Å². The third-order valence-corrected chi connectivity index (χ3v) is 7.91. The minimum atomic E-state index is -4.62. The molecule has 38 heavy (non-hydrogen) atoms. The van der Waals surface area contributed by atoms with Crippen LogP contribution < -0.4 is 5.32 Å². The van der Waals surface area contributed by atoms with E-state index in [0.29, 0.717) is 6.42 Å². The van der Waals surface area contributed by atoms with Crippen LogP contribution in [0.25, 0.3) is 0 Å². The molecule has 2 fully saturated rings. The number of nitrogens with one attached hydrogen (secondary N) is 1. The first-order valence-corrected chi connectivity index (χ1v) is 12.7. The molecule has 2 saturated heterocycles. The molecule has 2 aliphatic rings. The Morgan fingerprint density at radius 2 is 1.87 bits per heavy atom. The van der Waals surface area contributed by atoms with Crippen LogP contribution in [0.1, 0.15) is 48.1 Å². The lowest BCUT2D eigenvalue weighted by Crippen LogP contribution is -2.65. The number of hydrogen-bond donors (Lipinski definition) is 2. The lowest BCUT2D eigenvalue weighted by Gasteiger charge is -2.47. The fourth-order valence-electron chi connectivity index (χ4n) is 5.24. The number of nitrogens with zero attached hydrogens (tertiary/aromatic N) is 2. The van der Waals surface area contributed by atoms with Crippen LogP contribution in [0, 0.1) is 0 Å². The highest BCUT2D eigenvalue weighted by molar-refractivity contribution is 7.16. The number of alkyl halides is 4. The van der Waals surface area contributed by atoms with Crippen LogP contribution >= 0.6 is 9.39 Å². The summed E-state index contributed by atoms with van der Waals surface area (Å²) in [7, 11) is 2.13. The molecule has 2 heterocycles. The maximum absolute atomic E-state index is 13.4. The molecule has 2 N–H and O–H groups in total. The maximum atomic E-state index is 13.4. The molecule has 12 heteroatoms. The summed E-state index contributed by atoms with van der Waals surface area (Å²) in [6.07, 6.45) is -4.77. The van der Waals surface area contributed by atoms with Gasteiger partial charge in [-0.15, -0.1) is 0 Å².